The van der Waals surface area contributed by atoms with Gasteiger partial charge in [-0.3, -0.25) is 0 Å². The molecule has 0 aromatic heterocycles. The number of nitrogens with zero attached hydrogens (tertiary/aromatic N) is 1. The van der Waals surface area contributed by atoms with E-state index in [1.165, 1.54) is 13.1 Å². The lowest BCUT2D eigenvalue weighted by Crippen LogP contribution is -1.95. The molecule has 0 bridgehead atoms. The first-order valence-corrected chi connectivity index (χ1v) is 9.21. The first-order chi connectivity index (χ1) is 14.2. The van der Waals surface area contributed by atoms with Crippen LogP contribution in [0.5, 0.6) is 0 Å². The van der Waals surface area contributed by atoms with Crippen LogP contribution in [0.1, 0.15) is 37.5 Å². The molecule has 2 aromatic carbocycles. The average Bonchev–Trinajstić information content (AvgIpc) is 2.76. The molecule has 0 atom stereocenters. The molecule has 2 nitrogen and oxygen atoms in total. The third-order valence-electron chi connectivity index (χ3n) is 3.78. The van der Waals surface area contributed by atoms with E-state index >= 15 is 0 Å². The number of nitriles is 1. The molecule has 0 fully saturated rings. The zero-order valence-corrected chi connectivity index (χ0v) is 18.0. The van der Waals surface area contributed by atoms with Gasteiger partial charge in [0.05, 0.1) is 6.07 Å². The van der Waals surface area contributed by atoms with Crippen molar-refractivity contribution in [1.82, 2.24) is 0 Å². The van der Waals surface area contributed by atoms with E-state index in [0.29, 0.717) is 12.0 Å². The number of allylic oxidation sites excluding steroid dienone is 2. The summed E-state index contributed by atoms with van der Waals surface area (Å²) in [6, 6.07) is 14.1. The lowest BCUT2D eigenvalue weighted by Gasteiger charge is -2.07. The molecule has 0 unspecified atom stereocenters. The number of aryl methyl sites for hydroxylation is 2. The van der Waals surface area contributed by atoms with Crippen molar-refractivity contribution in [2.75, 3.05) is 7.05 Å². The molecule has 0 saturated carbocycles. The zero-order valence-electron chi connectivity index (χ0n) is 18.0. The summed E-state index contributed by atoms with van der Waals surface area (Å²) >= 11 is 0. The zero-order chi connectivity index (χ0) is 23.7. The van der Waals surface area contributed by atoms with Crippen molar-refractivity contribution >= 4 is 5.57 Å². The molecule has 2 aromatic rings. The Balaban J connectivity index is 0. The molecule has 164 valence electrons. The quantitative estimate of drug-likeness (QED) is 0.338. The average molecular weight is 423 g/mol. The highest BCUT2D eigenvalue weighted by Gasteiger charge is 2.05. The fraction of sp³-hybridized carbons (Fsp3) is 0.292. The van der Waals surface area contributed by atoms with Crippen LogP contribution < -0.4 is 5.73 Å². The fourth-order valence-electron chi connectivity index (χ4n) is 2.24. The molecular formula is C24H30F4N2. The summed E-state index contributed by atoms with van der Waals surface area (Å²) in [5.74, 6) is -1.63. The van der Waals surface area contributed by atoms with Crippen molar-refractivity contribution in [3.63, 3.8) is 0 Å². The molecule has 0 radical (unpaired) electrons. The predicted octanol–water partition coefficient (Wildman–Crippen LogP) is 6.72. The number of hydrogen-bond donors (Lipinski definition) is 1. The van der Waals surface area contributed by atoms with Crippen molar-refractivity contribution in [2.45, 2.75) is 40.0 Å². The van der Waals surface area contributed by atoms with Gasteiger partial charge in [-0.2, -0.15) is 5.26 Å². The Kier molecular flexibility index (Phi) is 16.6. The Labute approximate surface area is 177 Å². The van der Waals surface area contributed by atoms with E-state index in [4.69, 9.17) is 5.26 Å². The van der Waals surface area contributed by atoms with E-state index in [2.05, 4.69) is 25.0 Å². The molecule has 0 aliphatic heterocycles. The van der Waals surface area contributed by atoms with Crippen LogP contribution in [-0.2, 0) is 12.8 Å². The first-order valence-electron chi connectivity index (χ1n) is 9.21. The summed E-state index contributed by atoms with van der Waals surface area (Å²) < 4.78 is 46.8. The molecular weight excluding hydrogens is 392 g/mol. The van der Waals surface area contributed by atoms with Crippen LogP contribution in [0.15, 0.2) is 61.2 Å². The highest BCUT2D eigenvalue weighted by atomic mass is 19.3. The molecule has 0 amide bonds. The monoisotopic (exact) mass is 422 g/mol. The Hall–Kier alpha value is -2.91. The predicted molar refractivity (Wildman–Crippen MR) is 117 cm³/mol. The summed E-state index contributed by atoms with van der Waals surface area (Å²) in [5, 5.41) is 8.96. The van der Waals surface area contributed by atoms with E-state index in [1.54, 1.807) is 13.0 Å². The normalized spacial score (nSPS) is 10.2. The third-order valence-corrected chi connectivity index (χ3v) is 3.78. The highest BCUT2D eigenvalue weighted by molar-refractivity contribution is 5.69. The van der Waals surface area contributed by atoms with Crippen LogP contribution in [0.3, 0.4) is 0 Å². The molecule has 6 heteroatoms. The Morgan fingerprint density at radius 1 is 0.967 bits per heavy atom. The molecule has 0 saturated heterocycles. The van der Waals surface area contributed by atoms with E-state index in [0.717, 1.165) is 41.7 Å². The van der Waals surface area contributed by atoms with Crippen LogP contribution in [0, 0.1) is 23.0 Å². The van der Waals surface area contributed by atoms with Crippen molar-refractivity contribution < 1.29 is 17.6 Å². The molecule has 0 aliphatic carbocycles. The minimum absolute atomic E-state index is 0.640. The van der Waals surface area contributed by atoms with E-state index in [1.807, 2.05) is 31.2 Å². The number of alkyl halides is 2. The first kappa shape index (κ1) is 29.3. The maximum atomic E-state index is 13.2. The van der Waals surface area contributed by atoms with Gasteiger partial charge in [-0.25, -0.2) is 17.6 Å². The number of halogens is 4. The van der Waals surface area contributed by atoms with Crippen molar-refractivity contribution in [3.05, 3.63) is 89.5 Å². The fourth-order valence-corrected chi connectivity index (χ4v) is 2.24. The molecule has 2 N–H and O–H groups in total. The topological polar surface area (TPSA) is 49.8 Å². The van der Waals surface area contributed by atoms with Gasteiger partial charge in [0.1, 0.15) is 0 Å². The second-order valence-electron chi connectivity index (χ2n) is 5.83. The van der Waals surface area contributed by atoms with Gasteiger partial charge in [-0.1, -0.05) is 30.3 Å². The standard InChI is InChI=1S/C19H17F2N.C2H4F2.C2H4.CH5N/c1-13(12-22)14(2)17-5-3-4-15(10-17)6-7-16-8-9-18(20)19(21)11-16;1-2(3)4;2*1-2/h3-5,8-11H,6-7H2,1-2H3;2H,1H3;1-2H2;2H2,1H3/b14-13-;;;. The number of hydrogen-bond acceptors (Lipinski definition) is 2. The summed E-state index contributed by atoms with van der Waals surface area (Å²) in [5.41, 5.74) is 9.04. The van der Waals surface area contributed by atoms with Gasteiger partial charge in [0.15, 0.2) is 11.6 Å². The minimum Gasteiger partial charge on any atom is -0.333 e. The highest BCUT2D eigenvalue weighted by Crippen LogP contribution is 2.20. The van der Waals surface area contributed by atoms with Gasteiger partial charge < -0.3 is 5.73 Å². The lowest BCUT2D eigenvalue weighted by atomic mass is 9.98. The summed E-state index contributed by atoms with van der Waals surface area (Å²) in [6.45, 7) is 10.6. The van der Waals surface area contributed by atoms with Gasteiger partial charge in [-0.05, 0) is 75.1 Å². The second-order valence-corrected chi connectivity index (χ2v) is 5.83. The molecule has 30 heavy (non-hydrogen) atoms. The molecule has 2 rings (SSSR count). The SMILES string of the molecule is C/C(C#N)=C(\C)c1cccc(CCc2ccc(F)c(F)c2)c1.C=C.CC(F)F.CN. The van der Waals surface area contributed by atoms with Crippen molar-refractivity contribution in [2.24, 2.45) is 5.73 Å². The van der Waals surface area contributed by atoms with Gasteiger partial charge in [0, 0.05) is 5.57 Å². The number of rotatable bonds is 4. The van der Waals surface area contributed by atoms with Crippen molar-refractivity contribution in [1.29, 1.82) is 5.26 Å². The largest absolute Gasteiger partial charge is 0.333 e. The second kappa shape index (κ2) is 17.0. The van der Waals surface area contributed by atoms with Crippen LogP contribution in [0.4, 0.5) is 17.6 Å². The molecule has 0 heterocycles. The Morgan fingerprint density at radius 3 is 1.93 bits per heavy atom. The van der Waals surface area contributed by atoms with Gasteiger partial charge in [-0.15, -0.1) is 13.2 Å². The summed E-state index contributed by atoms with van der Waals surface area (Å²) in [7, 11) is 1.50. The van der Waals surface area contributed by atoms with Gasteiger partial charge in [0.25, 0.3) is 0 Å². The lowest BCUT2D eigenvalue weighted by molar-refractivity contribution is 0.171. The van der Waals surface area contributed by atoms with Crippen LogP contribution >= 0.6 is 0 Å². The third kappa shape index (κ3) is 11.8. The maximum Gasteiger partial charge on any atom is 0.235 e. The van der Waals surface area contributed by atoms with E-state index in [9.17, 15) is 17.6 Å². The van der Waals surface area contributed by atoms with E-state index < -0.39 is 18.1 Å². The minimum atomic E-state index is -2.17. The van der Waals surface area contributed by atoms with Gasteiger partial charge >= 0.3 is 0 Å². The van der Waals surface area contributed by atoms with Crippen molar-refractivity contribution in [3.8, 4) is 6.07 Å². The summed E-state index contributed by atoms with van der Waals surface area (Å²) in [6.07, 6.45) is -0.793. The Morgan fingerprint density at radius 2 is 1.47 bits per heavy atom. The number of nitrogens with two attached hydrogens (primary N) is 1. The van der Waals surface area contributed by atoms with Crippen LogP contribution in [-0.4, -0.2) is 13.5 Å². The number of benzene rings is 2. The van der Waals surface area contributed by atoms with Crippen LogP contribution in [0.2, 0.25) is 0 Å². The molecule has 0 spiro atoms. The smallest absolute Gasteiger partial charge is 0.235 e. The Bertz CT molecular complexity index is 821. The van der Waals surface area contributed by atoms with Crippen LogP contribution in [0.25, 0.3) is 5.57 Å². The summed E-state index contributed by atoms with van der Waals surface area (Å²) in [4.78, 5) is 0. The van der Waals surface area contributed by atoms with Gasteiger partial charge in [0.2, 0.25) is 6.43 Å². The van der Waals surface area contributed by atoms with E-state index in [-0.39, 0.29) is 0 Å². The maximum absolute atomic E-state index is 13.2. The molecule has 0 aliphatic rings.